The van der Waals surface area contributed by atoms with Crippen molar-refractivity contribution in [2.45, 2.75) is 31.2 Å². The summed E-state index contributed by atoms with van der Waals surface area (Å²) in [5.74, 6) is 0.434. The first kappa shape index (κ1) is 15.8. The molecule has 0 radical (unpaired) electrons. The van der Waals surface area contributed by atoms with Crippen LogP contribution in [0.5, 0.6) is 0 Å². The minimum atomic E-state index is -0.212. The molecule has 1 fully saturated rings. The fourth-order valence-corrected chi connectivity index (χ4v) is 4.87. The molecule has 3 aromatic carbocycles. The molecular weight excluding hydrogens is 318 g/mol. The largest absolute Gasteiger partial charge is 0.299 e. The third-order valence-corrected chi connectivity index (χ3v) is 6.35. The Balaban J connectivity index is 1.33. The molecule has 2 aliphatic rings. The van der Waals surface area contributed by atoms with Crippen LogP contribution in [0.1, 0.15) is 29.5 Å². The number of likely N-dealkylation sites (tertiary alicyclic amines) is 1. The second-order valence-corrected chi connectivity index (χ2v) is 7.80. The Morgan fingerprint density at radius 3 is 2.42 bits per heavy atom. The molecule has 1 spiro atoms. The molecule has 0 atom stereocenters. The lowest BCUT2D eigenvalue weighted by Gasteiger charge is -2.39. The van der Waals surface area contributed by atoms with Gasteiger partial charge in [-0.25, -0.2) is 0 Å². The van der Waals surface area contributed by atoms with Gasteiger partial charge < -0.3 is 0 Å². The van der Waals surface area contributed by atoms with Crippen LogP contribution in [0.2, 0.25) is 0 Å². The van der Waals surface area contributed by atoms with E-state index in [0.717, 1.165) is 32.5 Å². The fourth-order valence-electron chi connectivity index (χ4n) is 4.87. The summed E-state index contributed by atoms with van der Waals surface area (Å²) < 4.78 is 0. The van der Waals surface area contributed by atoms with E-state index >= 15 is 0 Å². The lowest BCUT2D eigenvalue weighted by Crippen LogP contribution is -2.45. The standard InChI is InChI=1S/C24H23NO/c26-23-16-21-7-3-4-8-22(21)24(23)11-13-25(14-12-24)17-18-9-10-19-5-1-2-6-20(19)15-18/h1-10,15H,11-14,16-17H2. The molecule has 0 bridgehead atoms. The quantitative estimate of drug-likeness (QED) is 0.684. The van der Waals surface area contributed by atoms with Gasteiger partial charge in [-0.2, -0.15) is 0 Å². The van der Waals surface area contributed by atoms with E-state index in [1.54, 1.807) is 0 Å². The topological polar surface area (TPSA) is 20.3 Å². The van der Waals surface area contributed by atoms with Crippen LogP contribution in [-0.2, 0) is 23.2 Å². The molecule has 2 heteroatoms. The summed E-state index contributed by atoms with van der Waals surface area (Å²) in [4.78, 5) is 15.3. The second kappa shape index (κ2) is 6.07. The predicted octanol–water partition coefficient (Wildman–Crippen LogP) is 4.50. The summed E-state index contributed by atoms with van der Waals surface area (Å²) in [5, 5.41) is 2.60. The number of nitrogens with zero attached hydrogens (tertiary/aromatic N) is 1. The molecule has 0 saturated carbocycles. The van der Waals surface area contributed by atoms with Crippen LogP contribution in [0.15, 0.2) is 66.7 Å². The van der Waals surface area contributed by atoms with E-state index in [-0.39, 0.29) is 5.41 Å². The van der Waals surface area contributed by atoms with Gasteiger partial charge in [0, 0.05) is 13.0 Å². The van der Waals surface area contributed by atoms with Gasteiger partial charge >= 0.3 is 0 Å². The van der Waals surface area contributed by atoms with Crippen molar-refractivity contribution >= 4 is 16.6 Å². The maximum atomic E-state index is 12.8. The van der Waals surface area contributed by atoms with Crippen LogP contribution in [0.25, 0.3) is 10.8 Å². The minimum Gasteiger partial charge on any atom is -0.299 e. The molecular formula is C24H23NO. The molecule has 130 valence electrons. The van der Waals surface area contributed by atoms with Gasteiger partial charge in [0.05, 0.1) is 5.41 Å². The van der Waals surface area contributed by atoms with Gasteiger partial charge in [-0.3, -0.25) is 9.69 Å². The number of carbonyl (C=O) groups is 1. The lowest BCUT2D eigenvalue weighted by atomic mass is 9.73. The normalized spacial score (nSPS) is 19.2. The number of carbonyl (C=O) groups excluding carboxylic acids is 1. The highest BCUT2D eigenvalue weighted by Crippen LogP contribution is 2.44. The summed E-state index contributed by atoms with van der Waals surface area (Å²) >= 11 is 0. The Hall–Kier alpha value is -2.45. The van der Waals surface area contributed by atoms with Crippen molar-refractivity contribution in [1.82, 2.24) is 4.90 Å². The van der Waals surface area contributed by atoms with Gasteiger partial charge in [-0.15, -0.1) is 0 Å². The average molecular weight is 341 g/mol. The van der Waals surface area contributed by atoms with Gasteiger partial charge in [0.15, 0.2) is 0 Å². The van der Waals surface area contributed by atoms with Crippen molar-refractivity contribution in [2.75, 3.05) is 13.1 Å². The van der Waals surface area contributed by atoms with E-state index in [1.165, 1.54) is 27.5 Å². The van der Waals surface area contributed by atoms with Crippen LogP contribution >= 0.6 is 0 Å². The molecule has 1 saturated heterocycles. The SMILES string of the molecule is O=C1Cc2ccccc2C12CCN(Cc1ccc3ccccc3c1)CC2. The molecule has 2 nitrogen and oxygen atoms in total. The Bertz CT molecular complexity index is 982. The molecule has 0 unspecified atom stereocenters. The Labute approximate surface area is 154 Å². The van der Waals surface area contributed by atoms with E-state index in [1.807, 2.05) is 0 Å². The van der Waals surface area contributed by atoms with Crippen LogP contribution in [0.3, 0.4) is 0 Å². The van der Waals surface area contributed by atoms with Crippen LogP contribution in [0, 0.1) is 0 Å². The van der Waals surface area contributed by atoms with E-state index < -0.39 is 0 Å². The predicted molar refractivity (Wildman–Crippen MR) is 105 cm³/mol. The summed E-state index contributed by atoms with van der Waals surface area (Å²) in [6.07, 6.45) is 2.54. The van der Waals surface area contributed by atoms with E-state index in [9.17, 15) is 4.79 Å². The van der Waals surface area contributed by atoms with Gasteiger partial charge in [-0.05, 0) is 59.5 Å². The van der Waals surface area contributed by atoms with Crippen molar-refractivity contribution in [1.29, 1.82) is 0 Å². The Morgan fingerprint density at radius 2 is 1.58 bits per heavy atom. The van der Waals surface area contributed by atoms with Crippen molar-refractivity contribution in [3.05, 3.63) is 83.4 Å². The molecule has 5 rings (SSSR count). The number of benzene rings is 3. The fraction of sp³-hybridized carbons (Fsp3) is 0.292. The highest BCUT2D eigenvalue weighted by atomic mass is 16.1. The van der Waals surface area contributed by atoms with Gasteiger partial charge in [0.1, 0.15) is 5.78 Å². The second-order valence-electron chi connectivity index (χ2n) is 7.80. The summed E-state index contributed by atoms with van der Waals surface area (Å²) in [6, 6.07) is 23.7. The Morgan fingerprint density at radius 1 is 0.846 bits per heavy atom. The van der Waals surface area contributed by atoms with Crippen LogP contribution in [0.4, 0.5) is 0 Å². The maximum Gasteiger partial charge on any atom is 0.147 e. The van der Waals surface area contributed by atoms with Gasteiger partial charge in [0.2, 0.25) is 0 Å². The monoisotopic (exact) mass is 341 g/mol. The number of Topliss-reactive ketones (excluding diaryl/α,β-unsaturated/α-hetero) is 1. The lowest BCUT2D eigenvalue weighted by molar-refractivity contribution is -0.124. The number of rotatable bonds is 2. The van der Waals surface area contributed by atoms with Gasteiger partial charge in [0.25, 0.3) is 0 Å². The first-order chi connectivity index (χ1) is 12.7. The van der Waals surface area contributed by atoms with Crippen molar-refractivity contribution in [3.63, 3.8) is 0 Å². The highest BCUT2D eigenvalue weighted by Gasteiger charge is 2.47. The maximum absolute atomic E-state index is 12.8. The first-order valence-electron chi connectivity index (χ1n) is 9.56. The first-order valence-corrected chi connectivity index (χ1v) is 9.56. The zero-order valence-electron chi connectivity index (χ0n) is 14.9. The highest BCUT2D eigenvalue weighted by molar-refractivity contribution is 5.96. The zero-order chi connectivity index (χ0) is 17.6. The minimum absolute atomic E-state index is 0.212. The summed E-state index contributed by atoms with van der Waals surface area (Å²) in [6.45, 7) is 2.95. The number of hydrogen-bond acceptors (Lipinski definition) is 2. The molecule has 26 heavy (non-hydrogen) atoms. The smallest absolute Gasteiger partial charge is 0.147 e. The number of hydrogen-bond donors (Lipinski definition) is 0. The van der Waals surface area contributed by atoms with E-state index in [0.29, 0.717) is 12.2 Å². The molecule has 3 aromatic rings. The molecule has 0 aromatic heterocycles. The molecule has 0 N–H and O–H groups in total. The number of fused-ring (bicyclic) bond motifs is 3. The number of piperidine rings is 1. The van der Waals surface area contributed by atoms with E-state index in [4.69, 9.17) is 0 Å². The van der Waals surface area contributed by atoms with Crippen molar-refractivity contribution in [2.24, 2.45) is 0 Å². The van der Waals surface area contributed by atoms with Gasteiger partial charge in [-0.1, -0.05) is 60.7 Å². The molecule has 1 aliphatic heterocycles. The average Bonchev–Trinajstić information content (AvgIpc) is 2.95. The third-order valence-electron chi connectivity index (χ3n) is 6.35. The summed E-state index contributed by atoms with van der Waals surface area (Å²) in [7, 11) is 0. The van der Waals surface area contributed by atoms with Crippen LogP contribution in [-0.4, -0.2) is 23.8 Å². The summed E-state index contributed by atoms with van der Waals surface area (Å²) in [5.41, 5.74) is 3.70. The van der Waals surface area contributed by atoms with Crippen molar-refractivity contribution in [3.8, 4) is 0 Å². The number of ketones is 1. The molecule has 0 amide bonds. The zero-order valence-corrected chi connectivity index (χ0v) is 14.9. The van der Waals surface area contributed by atoms with Crippen molar-refractivity contribution < 1.29 is 4.79 Å². The Kier molecular flexibility index (Phi) is 3.68. The van der Waals surface area contributed by atoms with Crippen LogP contribution < -0.4 is 0 Å². The molecule has 1 heterocycles. The van der Waals surface area contributed by atoms with E-state index in [2.05, 4.69) is 71.6 Å². The molecule has 1 aliphatic carbocycles. The third kappa shape index (κ3) is 2.48.